The van der Waals surface area contributed by atoms with Gasteiger partial charge >= 0.3 is 0 Å². The van der Waals surface area contributed by atoms with E-state index in [4.69, 9.17) is 0 Å². The molecule has 0 heterocycles. The van der Waals surface area contributed by atoms with E-state index in [-0.39, 0.29) is 0 Å². The molecule has 0 aromatic heterocycles. The number of carbonyl (C=O) groups is 1. The molecule has 0 aliphatic carbocycles. The first-order valence-corrected chi connectivity index (χ1v) is 6.78. The summed E-state index contributed by atoms with van der Waals surface area (Å²) in [6.07, 6.45) is 5.00. The molecule has 0 saturated carbocycles. The van der Waals surface area contributed by atoms with Gasteiger partial charge in [-0.25, -0.2) is 0 Å². The maximum absolute atomic E-state index is 9.32. The normalized spacial score (nSPS) is 9.79. The van der Waals surface area contributed by atoms with E-state index in [0.717, 1.165) is 12.7 Å². The molecular weight excluding hydrogens is 232 g/mol. The zero-order valence-electron chi connectivity index (χ0n) is 13.1. The topological polar surface area (TPSA) is 17.1 Å². The van der Waals surface area contributed by atoms with Crippen LogP contribution in [0, 0.1) is 6.92 Å². The van der Waals surface area contributed by atoms with Gasteiger partial charge in [0.25, 0.3) is 0 Å². The van der Waals surface area contributed by atoms with E-state index in [2.05, 4.69) is 52.8 Å². The Bertz CT molecular complexity index is 461. The quantitative estimate of drug-likeness (QED) is 0.542. The Labute approximate surface area is 118 Å². The molecule has 0 saturated heterocycles. The predicted molar refractivity (Wildman–Crippen MR) is 85.4 cm³/mol. The van der Waals surface area contributed by atoms with Crippen molar-refractivity contribution in [2.45, 2.75) is 48.0 Å². The molecule has 1 aromatic carbocycles. The van der Waals surface area contributed by atoms with E-state index in [9.17, 15) is 4.79 Å². The molecule has 0 aliphatic heterocycles. The Kier molecular flexibility index (Phi) is 8.52. The highest BCUT2D eigenvalue weighted by Crippen LogP contribution is 2.22. The van der Waals surface area contributed by atoms with E-state index in [1.165, 1.54) is 33.9 Å². The minimum atomic E-state index is 0.750. The fourth-order valence-corrected chi connectivity index (χ4v) is 1.64. The van der Waals surface area contributed by atoms with Crippen LogP contribution in [-0.4, -0.2) is 6.29 Å². The van der Waals surface area contributed by atoms with Gasteiger partial charge in [0.1, 0.15) is 6.29 Å². The average molecular weight is 258 g/mol. The number of aryl methyl sites for hydroxylation is 2. The van der Waals surface area contributed by atoms with Crippen LogP contribution in [0.1, 0.15) is 51.3 Å². The Morgan fingerprint density at radius 2 is 1.84 bits per heavy atom. The molecule has 0 atom stereocenters. The van der Waals surface area contributed by atoms with Gasteiger partial charge < -0.3 is 0 Å². The predicted octanol–water partition coefficient (Wildman–Crippen LogP) is 5.13. The number of hydrogen-bond donors (Lipinski definition) is 0. The number of rotatable bonds is 3. The second kappa shape index (κ2) is 9.32. The van der Waals surface area contributed by atoms with Gasteiger partial charge in [0, 0.05) is 0 Å². The van der Waals surface area contributed by atoms with Gasteiger partial charge in [-0.1, -0.05) is 36.8 Å². The van der Waals surface area contributed by atoms with Crippen molar-refractivity contribution in [3.8, 4) is 0 Å². The van der Waals surface area contributed by atoms with Gasteiger partial charge in [0.15, 0.2) is 0 Å². The minimum absolute atomic E-state index is 0.750. The van der Waals surface area contributed by atoms with Gasteiger partial charge in [-0.05, 0) is 69.4 Å². The second-order valence-corrected chi connectivity index (χ2v) is 4.79. The first-order chi connectivity index (χ1) is 8.97. The van der Waals surface area contributed by atoms with Crippen LogP contribution in [0.3, 0.4) is 0 Å². The lowest BCUT2D eigenvalue weighted by Gasteiger charge is -2.10. The van der Waals surface area contributed by atoms with Crippen LogP contribution in [0.5, 0.6) is 0 Å². The summed E-state index contributed by atoms with van der Waals surface area (Å²) in [6.45, 7) is 12.7. The van der Waals surface area contributed by atoms with Crippen LogP contribution in [0.25, 0.3) is 5.57 Å². The third-order valence-electron chi connectivity index (χ3n) is 3.14. The minimum Gasteiger partial charge on any atom is -0.299 e. The second-order valence-electron chi connectivity index (χ2n) is 4.79. The van der Waals surface area contributed by atoms with Crippen molar-refractivity contribution in [2.24, 2.45) is 0 Å². The standard InChI is InChI=1S/C14H20.C4H6O/c1-6-13-8-7-11(4)14(9-13)12(5)10(2)3;1-2-3-4-5/h7-9H,6H2,1-5H3;2-4H,1H3/b;3-2+. The third-order valence-corrected chi connectivity index (χ3v) is 3.14. The zero-order chi connectivity index (χ0) is 14.8. The van der Waals surface area contributed by atoms with Gasteiger partial charge in [0.2, 0.25) is 0 Å². The fourth-order valence-electron chi connectivity index (χ4n) is 1.64. The van der Waals surface area contributed by atoms with E-state index < -0.39 is 0 Å². The Morgan fingerprint density at radius 1 is 1.21 bits per heavy atom. The van der Waals surface area contributed by atoms with Crippen LogP contribution in [0.2, 0.25) is 0 Å². The lowest BCUT2D eigenvalue weighted by molar-refractivity contribution is -0.104. The molecule has 0 unspecified atom stereocenters. The summed E-state index contributed by atoms with van der Waals surface area (Å²) < 4.78 is 0. The molecule has 1 nitrogen and oxygen atoms in total. The average Bonchev–Trinajstić information content (AvgIpc) is 2.40. The summed E-state index contributed by atoms with van der Waals surface area (Å²) in [6, 6.07) is 6.76. The van der Waals surface area contributed by atoms with Crippen LogP contribution >= 0.6 is 0 Å². The summed E-state index contributed by atoms with van der Waals surface area (Å²) in [5, 5.41) is 0. The zero-order valence-corrected chi connectivity index (χ0v) is 13.1. The number of carbonyl (C=O) groups excluding carboxylic acids is 1. The van der Waals surface area contributed by atoms with Gasteiger partial charge in [0.05, 0.1) is 0 Å². The van der Waals surface area contributed by atoms with Gasteiger partial charge in [-0.15, -0.1) is 0 Å². The molecule has 0 radical (unpaired) electrons. The smallest absolute Gasteiger partial charge is 0.142 e. The van der Waals surface area contributed by atoms with E-state index >= 15 is 0 Å². The summed E-state index contributed by atoms with van der Waals surface area (Å²) in [4.78, 5) is 9.32. The molecule has 0 spiro atoms. The van der Waals surface area contributed by atoms with E-state index in [0.29, 0.717) is 0 Å². The number of aldehydes is 1. The first kappa shape index (κ1) is 17.4. The summed E-state index contributed by atoms with van der Waals surface area (Å²) >= 11 is 0. The summed E-state index contributed by atoms with van der Waals surface area (Å²) in [7, 11) is 0. The summed E-state index contributed by atoms with van der Waals surface area (Å²) in [5.74, 6) is 0. The Balaban J connectivity index is 0.000000555. The fraction of sp³-hybridized carbons (Fsp3) is 0.389. The van der Waals surface area contributed by atoms with E-state index in [1.807, 2.05) is 0 Å². The van der Waals surface area contributed by atoms with Crippen LogP contribution < -0.4 is 0 Å². The lowest BCUT2D eigenvalue weighted by Crippen LogP contribution is -1.90. The van der Waals surface area contributed by atoms with Crippen molar-refractivity contribution in [1.82, 2.24) is 0 Å². The number of allylic oxidation sites excluding steroid dienone is 4. The number of hydrogen-bond acceptors (Lipinski definition) is 1. The van der Waals surface area contributed by atoms with Crippen molar-refractivity contribution in [1.29, 1.82) is 0 Å². The largest absolute Gasteiger partial charge is 0.299 e. The van der Waals surface area contributed by atoms with Crippen LogP contribution in [-0.2, 0) is 11.2 Å². The Hall–Kier alpha value is -1.63. The maximum atomic E-state index is 9.32. The highest BCUT2D eigenvalue weighted by atomic mass is 16.1. The van der Waals surface area contributed by atoms with Crippen LogP contribution in [0.15, 0.2) is 35.9 Å². The third kappa shape index (κ3) is 6.19. The first-order valence-electron chi connectivity index (χ1n) is 6.78. The molecule has 0 amide bonds. The molecule has 0 N–H and O–H groups in total. The van der Waals surface area contributed by atoms with Gasteiger partial charge in [-0.2, -0.15) is 0 Å². The number of benzene rings is 1. The van der Waals surface area contributed by atoms with E-state index in [1.54, 1.807) is 13.0 Å². The molecule has 1 rings (SSSR count). The molecular formula is C18H26O. The highest BCUT2D eigenvalue weighted by molar-refractivity contribution is 5.69. The molecule has 1 aromatic rings. The van der Waals surface area contributed by atoms with Crippen molar-refractivity contribution < 1.29 is 4.79 Å². The highest BCUT2D eigenvalue weighted by Gasteiger charge is 2.02. The van der Waals surface area contributed by atoms with Crippen molar-refractivity contribution in [2.75, 3.05) is 0 Å². The van der Waals surface area contributed by atoms with Gasteiger partial charge in [-0.3, -0.25) is 4.79 Å². The maximum Gasteiger partial charge on any atom is 0.142 e. The molecule has 1 heteroatoms. The molecule has 0 aliphatic rings. The molecule has 0 bridgehead atoms. The molecule has 19 heavy (non-hydrogen) atoms. The summed E-state index contributed by atoms with van der Waals surface area (Å²) in [5.41, 5.74) is 7.02. The van der Waals surface area contributed by atoms with Crippen LogP contribution in [0.4, 0.5) is 0 Å². The monoisotopic (exact) mass is 258 g/mol. The van der Waals surface area contributed by atoms with Crippen molar-refractivity contribution in [3.05, 3.63) is 52.6 Å². The lowest BCUT2D eigenvalue weighted by atomic mass is 9.96. The van der Waals surface area contributed by atoms with Crippen molar-refractivity contribution in [3.63, 3.8) is 0 Å². The Morgan fingerprint density at radius 3 is 2.21 bits per heavy atom. The van der Waals surface area contributed by atoms with Crippen molar-refractivity contribution >= 4 is 11.9 Å². The molecule has 0 fully saturated rings. The SMILES string of the molecule is C/C=C/C=O.CCc1ccc(C)c(C(C)=C(C)C)c1. The molecule has 104 valence electrons.